The Morgan fingerprint density at radius 2 is 1.61 bits per heavy atom. The molecule has 1 aliphatic rings. The van der Waals surface area contributed by atoms with Gasteiger partial charge in [-0.25, -0.2) is 4.98 Å². The third kappa shape index (κ3) is 3.27. The molecule has 5 aromatic rings. The van der Waals surface area contributed by atoms with Crippen LogP contribution in [0.2, 0.25) is 0 Å². The number of carbonyl (C=O) groups excluding carboxylic acids is 1. The Bertz CT molecular complexity index is 1900. The molecule has 1 N–H and O–H groups in total. The predicted octanol–water partition coefficient (Wildman–Crippen LogP) is 2.41. The molecule has 0 bridgehead atoms. The van der Waals surface area contributed by atoms with Gasteiger partial charge in [0.2, 0.25) is 11.3 Å². The van der Waals surface area contributed by atoms with Crippen molar-refractivity contribution in [3.05, 3.63) is 58.8 Å². The van der Waals surface area contributed by atoms with Crippen LogP contribution in [0.3, 0.4) is 0 Å². The SMILES string of the molecule is CC(=O)N1CCN(c2ccc3c(=O)c(S(=O)(=O)O)c4n(C)c5cc6ccccc6cc5n4c3n2)CC1. The van der Waals surface area contributed by atoms with Crippen LogP contribution in [0.1, 0.15) is 6.92 Å². The maximum atomic E-state index is 13.4. The highest BCUT2D eigenvalue weighted by atomic mass is 32.2. The van der Waals surface area contributed by atoms with Crippen LogP contribution >= 0.6 is 0 Å². The summed E-state index contributed by atoms with van der Waals surface area (Å²) >= 11 is 0. The molecule has 0 atom stereocenters. The molecule has 1 fully saturated rings. The Morgan fingerprint density at radius 1 is 0.972 bits per heavy atom. The van der Waals surface area contributed by atoms with Crippen LogP contribution in [0.25, 0.3) is 38.5 Å². The molecule has 3 aromatic heterocycles. The van der Waals surface area contributed by atoms with Gasteiger partial charge >= 0.3 is 10.1 Å². The number of benzene rings is 2. The lowest BCUT2D eigenvalue weighted by Gasteiger charge is -2.35. The van der Waals surface area contributed by atoms with E-state index in [0.29, 0.717) is 48.7 Å². The third-order valence-electron chi connectivity index (χ3n) is 7.01. The average molecular weight is 506 g/mol. The zero-order valence-electron chi connectivity index (χ0n) is 19.7. The van der Waals surface area contributed by atoms with Gasteiger partial charge in [-0.15, -0.1) is 0 Å². The molecule has 0 saturated carbocycles. The first kappa shape index (κ1) is 22.5. The van der Waals surface area contributed by atoms with E-state index in [4.69, 9.17) is 4.98 Å². The van der Waals surface area contributed by atoms with E-state index in [1.807, 2.05) is 41.3 Å². The standard InChI is InChI=1S/C25H23N5O5S/c1-15(31)28-9-11-29(12-10-28)21-8-7-18-22(32)23(36(33,34)35)25-27(2)19-13-16-5-3-4-6-17(16)14-20(19)30(25)24(18)26-21/h3-8,13-14H,9-12H2,1-2H3,(H,33,34,35). The van der Waals surface area contributed by atoms with Crippen LogP contribution in [-0.2, 0) is 22.0 Å². The first-order valence-electron chi connectivity index (χ1n) is 11.5. The molecule has 2 aromatic carbocycles. The maximum Gasteiger partial charge on any atom is 0.302 e. The number of aromatic nitrogens is 3. The second-order valence-corrected chi connectivity index (χ2v) is 10.4. The fourth-order valence-corrected chi connectivity index (χ4v) is 5.98. The highest BCUT2D eigenvalue weighted by Gasteiger charge is 2.28. The maximum absolute atomic E-state index is 13.4. The van der Waals surface area contributed by atoms with Gasteiger partial charge in [0.05, 0.1) is 16.4 Å². The largest absolute Gasteiger partial charge is 0.353 e. The van der Waals surface area contributed by atoms with Crippen LogP contribution < -0.4 is 10.3 Å². The Hall–Kier alpha value is -3.96. The van der Waals surface area contributed by atoms with Gasteiger partial charge in [-0.05, 0) is 35.0 Å². The summed E-state index contributed by atoms with van der Waals surface area (Å²) in [4.78, 5) is 33.1. The van der Waals surface area contributed by atoms with Crippen LogP contribution in [0.15, 0.2) is 58.2 Å². The van der Waals surface area contributed by atoms with E-state index in [2.05, 4.69) is 0 Å². The van der Waals surface area contributed by atoms with Crippen LogP contribution in [-0.4, -0.2) is 63.9 Å². The Morgan fingerprint density at radius 3 is 2.22 bits per heavy atom. The van der Waals surface area contributed by atoms with Crippen molar-refractivity contribution in [1.29, 1.82) is 0 Å². The molecular formula is C25H23N5O5S. The van der Waals surface area contributed by atoms with Gasteiger partial charge in [-0.1, -0.05) is 24.3 Å². The van der Waals surface area contributed by atoms with Gasteiger partial charge in [-0.3, -0.25) is 18.5 Å². The summed E-state index contributed by atoms with van der Waals surface area (Å²) < 4.78 is 38.2. The van der Waals surface area contributed by atoms with Crippen LogP contribution in [0.5, 0.6) is 0 Å². The van der Waals surface area contributed by atoms with Crippen molar-refractivity contribution < 1.29 is 17.8 Å². The second kappa shape index (κ2) is 7.77. The van der Waals surface area contributed by atoms with E-state index in [1.165, 1.54) is 0 Å². The lowest BCUT2D eigenvalue weighted by Crippen LogP contribution is -2.48. The van der Waals surface area contributed by atoms with Gasteiger partial charge in [0.25, 0.3) is 0 Å². The molecule has 4 heterocycles. The van der Waals surface area contributed by atoms with Crippen molar-refractivity contribution in [2.24, 2.45) is 7.05 Å². The van der Waals surface area contributed by atoms with Gasteiger partial charge in [0.1, 0.15) is 11.5 Å². The number of pyridine rings is 2. The predicted molar refractivity (Wildman–Crippen MR) is 137 cm³/mol. The number of hydrogen-bond acceptors (Lipinski definition) is 6. The van der Waals surface area contributed by atoms with Crippen LogP contribution in [0, 0.1) is 0 Å². The number of fused-ring (bicyclic) bond motifs is 6. The van der Waals surface area contributed by atoms with Crippen molar-refractivity contribution in [1.82, 2.24) is 18.9 Å². The summed E-state index contributed by atoms with van der Waals surface area (Å²) in [5.41, 5.74) is 0.893. The zero-order chi connectivity index (χ0) is 25.4. The summed E-state index contributed by atoms with van der Waals surface area (Å²) in [6.07, 6.45) is 0. The molecule has 0 radical (unpaired) electrons. The molecule has 36 heavy (non-hydrogen) atoms. The molecule has 0 aliphatic carbocycles. The number of anilines is 1. The van der Waals surface area contributed by atoms with Crippen molar-refractivity contribution in [2.75, 3.05) is 31.1 Å². The molecule has 6 rings (SSSR count). The summed E-state index contributed by atoms with van der Waals surface area (Å²) in [5.74, 6) is 0.645. The van der Waals surface area contributed by atoms with E-state index in [-0.39, 0.29) is 16.9 Å². The van der Waals surface area contributed by atoms with E-state index in [9.17, 15) is 22.6 Å². The highest BCUT2D eigenvalue weighted by Crippen LogP contribution is 2.31. The highest BCUT2D eigenvalue weighted by molar-refractivity contribution is 7.86. The summed E-state index contributed by atoms with van der Waals surface area (Å²) in [6, 6.07) is 14.8. The monoisotopic (exact) mass is 505 g/mol. The fourth-order valence-electron chi connectivity index (χ4n) is 5.18. The molecule has 1 aliphatic heterocycles. The number of carbonyl (C=O) groups is 1. The van der Waals surface area contributed by atoms with E-state index in [1.54, 1.807) is 40.0 Å². The van der Waals surface area contributed by atoms with Gasteiger partial charge in [0.15, 0.2) is 10.5 Å². The summed E-state index contributed by atoms with van der Waals surface area (Å²) in [7, 11) is -3.18. The molecule has 10 nitrogen and oxygen atoms in total. The second-order valence-electron chi connectivity index (χ2n) is 9.07. The lowest BCUT2D eigenvalue weighted by molar-refractivity contribution is -0.129. The number of nitrogens with zero attached hydrogens (tertiary/aromatic N) is 5. The average Bonchev–Trinajstić information content (AvgIpc) is 3.13. The van der Waals surface area contributed by atoms with Gasteiger partial charge in [-0.2, -0.15) is 8.42 Å². The van der Waals surface area contributed by atoms with E-state index < -0.39 is 20.4 Å². The van der Waals surface area contributed by atoms with E-state index >= 15 is 0 Å². The molecule has 184 valence electrons. The molecule has 0 spiro atoms. The fraction of sp³-hybridized carbons (Fsp3) is 0.240. The van der Waals surface area contributed by atoms with Crippen molar-refractivity contribution >= 4 is 60.3 Å². The number of aryl methyl sites for hydroxylation is 1. The Kier molecular flexibility index (Phi) is 4.86. The molecule has 0 unspecified atom stereocenters. The quantitative estimate of drug-likeness (QED) is 0.366. The minimum absolute atomic E-state index is 0.0232. The molecule has 1 saturated heterocycles. The van der Waals surface area contributed by atoms with Crippen LogP contribution in [0.4, 0.5) is 5.82 Å². The van der Waals surface area contributed by atoms with Gasteiger partial charge < -0.3 is 14.4 Å². The summed E-state index contributed by atoms with van der Waals surface area (Å²) in [5, 5.41) is 1.98. The van der Waals surface area contributed by atoms with Crippen molar-refractivity contribution in [2.45, 2.75) is 11.8 Å². The zero-order valence-corrected chi connectivity index (χ0v) is 20.5. The first-order chi connectivity index (χ1) is 17.1. The molecule has 1 amide bonds. The number of hydrogen-bond donors (Lipinski definition) is 1. The third-order valence-corrected chi connectivity index (χ3v) is 7.89. The Balaban J connectivity index is 1.70. The topological polar surface area (TPSA) is 117 Å². The molecular weight excluding hydrogens is 482 g/mol. The van der Waals surface area contributed by atoms with Gasteiger partial charge in [0, 0.05) is 40.2 Å². The van der Waals surface area contributed by atoms with Crippen molar-refractivity contribution in [3.8, 4) is 0 Å². The Labute approximate surface area is 205 Å². The number of rotatable bonds is 2. The number of imidazole rings is 1. The minimum atomic E-state index is -4.84. The summed E-state index contributed by atoms with van der Waals surface area (Å²) in [6.45, 7) is 3.83. The lowest BCUT2D eigenvalue weighted by atomic mass is 10.1. The first-order valence-corrected chi connectivity index (χ1v) is 12.9. The smallest absolute Gasteiger partial charge is 0.302 e. The van der Waals surface area contributed by atoms with Crippen molar-refractivity contribution in [3.63, 3.8) is 0 Å². The normalized spacial score (nSPS) is 15.0. The number of amides is 1. The number of piperazine rings is 1. The van der Waals surface area contributed by atoms with E-state index in [0.717, 1.165) is 10.8 Å². The minimum Gasteiger partial charge on any atom is -0.353 e. The molecule has 11 heteroatoms.